The molecule has 1 aliphatic rings. The number of carbonyl (C=O) groups is 1. The fraction of sp³-hybridized carbons (Fsp3) is 0.292. The predicted molar refractivity (Wildman–Crippen MR) is 123 cm³/mol. The first kappa shape index (κ1) is 21.9. The number of rotatable bonds is 9. The van der Waals surface area contributed by atoms with E-state index in [1.165, 1.54) is 16.9 Å². The first-order valence-corrected chi connectivity index (χ1v) is 11.1. The van der Waals surface area contributed by atoms with Crippen molar-refractivity contribution in [3.8, 4) is 0 Å². The maximum atomic E-state index is 12.5. The number of nitrogens with zero attached hydrogens (tertiary/aromatic N) is 1. The lowest BCUT2D eigenvalue weighted by atomic mass is 10.0. The van der Waals surface area contributed by atoms with Gasteiger partial charge in [-0.05, 0) is 30.9 Å². The summed E-state index contributed by atoms with van der Waals surface area (Å²) < 4.78 is 0. The van der Waals surface area contributed by atoms with Crippen LogP contribution in [-0.4, -0.2) is 29.7 Å². The Bertz CT molecular complexity index is 972. The SMILES string of the molecule is Cc1nc(C(=N)C=C[NH2+]CC(C)c2ccccc2)sc1C(=O)NCC1=CCCC=C1. The van der Waals surface area contributed by atoms with Crippen LogP contribution in [0.25, 0.3) is 0 Å². The van der Waals surface area contributed by atoms with Crippen molar-refractivity contribution in [2.75, 3.05) is 13.1 Å². The quantitative estimate of drug-likeness (QED) is 0.540. The predicted octanol–water partition coefficient (Wildman–Crippen LogP) is 3.71. The number of aryl methyl sites for hydroxylation is 1. The monoisotopic (exact) mass is 421 g/mol. The van der Waals surface area contributed by atoms with Crippen molar-refractivity contribution in [1.82, 2.24) is 10.3 Å². The van der Waals surface area contributed by atoms with E-state index < -0.39 is 0 Å². The number of amides is 1. The van der Waals surface area contributed by atoms with Crippen LogP contribution < -0.4 is 10.6 Å². The molecule has 5 nitrogen and oxygen atoms in total. The molecule has 0 radical (unpaired) electrons. The lowest BCUT2D eigenvalue weighted by molar-refractivity contribution is -0.590. The number of thiazole rings is 1. The van der Waals surface area contributed by atoms with Gasteiger partial charge < -0.3 is 10.6 Å². The Labute approximate surface area is 182 Å². The van der Waals surface area contributed by atoms with Gasteiger partial charge in [0.1, 0.15) is 9.88 Å². The number of benzene rings is 1. The molecule has 0 fully saturated rings. The molecule has 6 heteroatoms. The minimum Gasteiger partial charge on any atom is -0.347 e. The molecular formula is C24H29N4OS+. The highest BCUT2D eigenvalue weighted by molar-refractivity contribution is 7.15. The van der Waals surface area contributed by atoms with Crippen LogP contribution in [-0.2, 0) is 0 Å². The lowest BCUT2D eigenvalue weighted by Crippen LogP contribution is -2.79. The smallest absolute Gasteiger partial charge is 0.263 e. The Balaban J connectivity index is 1.51. The zero-order chi connectivity index (χ0) is 21.3. The first-order chi connectivity index (χ1) is 14.5. The highest BCUT2D eigenvalue weighted by Crippen LogP contribution is 2.19. The molecule has 3 rings (SSSR count). The molecule has 1 aromatic heterocycles. The highest BCUT2D eigenvalue weighted by atomic mass is 32.1. The summed E-state index contributed by atoms with van der Waals surface area (Å²) in [7, 11) is 0. The summed E-state index contributed by atoms with van der Waals surface area (Å²) in [4.78, 5) is 17.5. The topological polar surface area (TPSA) is 82.5 Å². The van der Waals surface area contributed by atoms with Gasteiger partial charge in [-0.25, -0.2) is 4.98 Å². The zero-order valence-electron chi connectivity index (χ0n) is 17.5. The maximum absolute atomic E-state index is 12.5. The summed E-state index contributed by atoms with van der Waals surface area (Å²) >= 11 is 1.27. The van der Waals surface area contributed by atoms with Crippen molar-refractivity contribution in [1.29, 1.82) is 5.41 Å². The van der Waals surface area contributed by atoms with Gasteiger partial charge in [0, 0.05) is 18.5 Å². The molecule has 1 atom stereocenters. The van der Waals surface area contributed by atoms with Gasteiger partial charge in [0.2, 0.25) is 0 Å². The molecule has 0 bridgehead atoms. The van der Waals surface area contributed by atoms with Gasteiger partial charge in [-0.2, -0.15) is 0 Å². The van der Waals surface area contributed by atoms with E-state index in [0.29, 0.717) is 33.8 Å². The summed E-state index contributed by atoms with van der Waals surface area (Å²) in [6, 6.07) is 10.4. The van der Waals surface area contributed by atoms with E-state index in [2.05, 4.69) is 65.0 Å². The standard InChI is InChI=1S/C24H28N4OS/c1-17(20-11-7-4-8-12-20)15-26-14-13-21(25)24-28-18(2)22(30-24)23(29)27-16-19-9-5-3-6-10-19/h4-5,7-14,17,25-26H,3,6,15-16H2,1-2H3,(H,27,29)/p+1. The van der Waals surface area contributed by atoms with Crippen molar-refractivity contribution >= 4 is 23.0 Å². The third kappa shape index (κ3) is 6.08. The van der Waals surface area contributed by atoms with Gasteiger partial charge in [-0.15, -0.1) is 11.3 Å². The molecule has 1 aromatic carbocycles. The highest BCUT2D eigenvalue weighted by Gasteiger charge is 2.17. The maximum Gasteiger partial charge on any atom is 0.263 e. The number of hydrogen-bond acceptors (Lipinski definition) is 4. The van der Waals surface area contributed by atoms with Gasteiger partial charge in [-0.3, -0.25) is 10.2 Å². The lowest BCUT2D eigenvalue weighted by Gasteiger charge is -2.08. The molecule has 0 aliphatic heterocycles. The number of hydrogen-bond donors (Lipinski definition) is 3. The van der Waals surface area contributed by atoms with E-state index in [4.69, 9.17) is 5.41 Å². The van der Waals surface area contributed by atoms with Crippen LogP contribution in [0.1, 0.15) is 51.6 Å². The van der Waals surface area contributed by atoms with Crippen LogP contribution in [0.3, 0.4) is 0 Å². The number of nitrogens with one attached hydrogen (secondary N) is 2. The third-order valence-electron chi connectivity index (χ3n) is 5.02. The Morgan fingerprint density at radius 3 is 2.87 bits per heavy atom. The van der Waals surface area contributed by atoms with E-state index in [1.807, 2.05) is 19.2 Å². The minimum absolute atomic E-state index is 0.129. The average Bonchev–Trinajstić information content (AvgIpc) is 3.18. The minimum atomic E-state index is -0.129. The van der Waals surface area contributed by atoms with Crippen LogP contribution in [0.2, 0.25) is 0 Å². The molecule has 1 heterocycles. The van der Waals surface area contributed by atoms with Crippen LogP contribution in [0.5, 0.6) is 0 Å². The normalized spacial score (nSPS) is 14.5. The van der Waals surface area contributed by atoms with E-state index in [9.17, 15) is 4.79 Å². The van der Waals surface area contributed by atoms with E-state index >= 15 is 0 Å². The van der Waals surface area contributed by atoms with E-state index in [-0.39, 0.29) is 5.91 Å². The Morgan fingerprint density at radius 1 is 1.33 bits per heavy atom. The number of quaternary nitrogens is 1. The second-order valence-corrected chi connectivity index (χ2v) is 8.43. The Hall–Kier alpha value is -2.83. The number of carbonyl (C=O) groups excluding carboxylic acids is 1. The van der Waals surface area contributed by atoms with Gasteiger partial charge in [-0.1, -0.05) is 55.5 Å². The Kier molecular flexibility index (Phi) is 7.88. The van der Waals surface area contributed by atoms with Gasteiger partial charge in [0.25, 0.3) is 5.91 Å². The van der Waals surface area contributed by atoms with E-state index in [1.54, 1.807) is 6.08 Å². The van der Waals surface area contributed by atoms with Gasteiger partial charge in [0.15, 0.2) is 0 Å². The second kappa shape index (κ2) is 10.8. The van der Waals surface area contributed by atoms with Crippen LogP contribution in [0, 0.1) is 12.3 Å². The second-order valence-electron chi connectivity index (χ2n) is 7.43. The summed E-state index contributed by atoms with van der Waals surface area (Å²) in [6.07, 6.45) is 12.1. The summed E-state index contributed by atoms with van der Waals surface area (Å²) in [6.45, 7) is 5.44. The molecule has 2 aromatic rings. The summed E-state index contributed by atoms with van der Waals surface area (Å²) in [5, 5.41) is 13.9. The molecule has 0 spiro atoms. The molecule has 1 unspecified atom stereocenters. The molecule has 1 amide bonds. The van der Waals surface area contributed by atoms with Crippen molar-refractivity contribution in [3.63, 3.8) is 0 Å². The fourth-order valence-corrected chi connectivity index (χ4v) is 4.13. The number of aromatic nitrogens is 1. The largest absolute Gasteiger partial charge is 0.347 e. The molecule has 0 saturated carbocycles. The van der Waals surface area contributed by atoms with E-state index in [0.717, 1.165) is 25.0 Å². The van der Waals surface area contributed by atoms with Crippen LogP contribution in [0.15, 0.2) is 66.4 Å². The van der Waals surface area contributed by atoms with Crippen LogP contribution in [0.4, 0.5) is 0 Å². The van der Waals surface area contributed by atoms with Crippen molar-refractivity contribution in [2.45, 2.75) is 32.6 Å². The summed E-state index contributed by atoms with van der Waals surface area (Å²) in [5.41, 5.74) is 3.43. The van der Waals surface area contributed by atoms with Gasteiger partial charge >= 0.3 is 0 Å². The molecule has 0 saturated heterocycles. The number of nitrogens with two attached hydrogens (primary N) is 1. The van der Waals surface area contributed by atoms with Crippen LogP contribution >= 0.6 is 11.3 Å². The van der Waals surface area contributed by atoms with Gasteiger partial charge in [0.05, 0.1) is 24.2 Å². The Morgan fingerprint density at radius 2 is 2.13 bits per heavy atom. The third-order valence-corrected chi connectivity index (χ3v) is 6.20. The van der Waals surface area contributed by atoms with Crippen molar-refractivity contribution in [3.05, 3.63) is 87.6 Å². The molecule has 4 N–H and O–H groups in total. The molecule has 156 valence electrons. The average molecular weight is 422 g/mol. The molecule has 30 heavy (non-hydrogen) atoms. The first-order valence-electron chi connectivity index (χ1n) is 10.3. The number of allylic oxidation sites excluding steroid dienone is 3. The van der Waals surface area contributed by atoms with Crippen molar-refractivity contribution in [2.24, 2.45) is 0 Å². The fourth-order valence-electron chi connectivity index (χ4n) is 3.22. The van der Waals surface area contributed by atoms with Crippen molar-refractivity contribution < 1.29 is 10.1 Å². The summed E-state index contributed by atoms with van der Waals surface area (Å²) in [5.74, 6) is 0.299. The molecular weight excluding hydrogens is 392 g/mol. The molecule has 1 aliphatic carbocycles. The zero-order valence-corrected chi connectivity index (χ0v) is 18.3.